The molecule has 4 rings (SSSR count). The van der Waals surface area contributed by atoms with Gasteiger partial charge in [0.25, 0.3) is 0 Å². The van der Waals surface area contributed by atoms with Crippen molar-refractivity contribution >= 4 is 45.0 Å². The molecule has 2 amide bonds. The van der Waals surface area contributed by atoms with Gasteiger partial charge in [0.1, 0.15) is 0 Å². The zero-order chi connectivity index (χ0) is 22.7. The molecule has 0 saturated heterocycles. The van der Waals surface area contributed by atoms with Gasteiger partial charge < -0.3 is 10.6 Å². The van der Waals surface area contributed by atoms with Crippen LogP contribution in [-0.4, -0.2) is 42.9 Å². The van der Waals surface area contributed by atoms with Gasteiger partial charge in [-0.25, -0.2) is 8.42 Å². The lowest BCUT2D eigenvalue weighted by atomic mass is 9.96. The molecule has 32 heavy (non-hydrogen) atoms. The Balaban J connectivity index is 1.37. The van der Waals surface area contributed by atoms with Crippen LogP contribution in [0.5, 0.6) is 0 Å². The minimum Gasteiger partial charge on any atom is -0.326 e. The number of benzene rings is 2. The summed E-state index contributed by atoms with van der Waals surface area (Å²) >= 11 is 1.37. The number of carbonyl (C=O) groups is 2. The number of hydrogen-bond donors (Lipinski definition) is 2. The van der Waals surface area contributed by atoms with Gasteiger partial charge in [-0.15, -0.1) is 11.8 Å². The smallest absolute Gasteiger partial charge is 0.243 e. The first-order valence-electron chi connectivity index (χ1n) is 10.8. The highest BCUT2D eigenvalue weighted by atomic mass is 32.2. The van der Waals surface area contributed by atoms with Crippen molar-refractivity contribution in [2.24, 2.45) is 0 Å². The number of sulfonamides is 1. The second-order valence-electron chi connectivity index (χ2n) is 8.18. The highest BCUT2D eigenvalue weighted by molar-refractivity contribution is 8.01. The third-order valence-corrected chi connectivity index (χ3v) is 9.18. The predicted molar refractivity (Wildman–Crippen MR) is 126 cm³/mol. The first-order valence-corrected chi connectivity index (χ1v) is 13.1. The summed E-state index contributed by atoms with van der Waals surface area (Å²) in [4.78, 5) is 26.0. The van der Waals surface area contributed by atoms with Crippen molar-refractivity contribution in [1.82, 2.24) is 4.31 Å². The molecule has 1 saturated carbocycles. The van der Waals surface area contributed by atoms with Gasteiger partial charge in [0.15, 0.2) is 0 Å². The maximum absolute atomic E-state index is 13.0. The fourth-order valence-corrected chi connectivity index (χ4v) is 6.65. The SMILES string of the molecule is CN(C1CCCCC1)S(=O)(=O)c1ccc(NC(=O)C[C@@H]2Sc3ccccc3NC2=O)cc1. The van der Waals surface area contributed by atoms with Crippen LogP contribution in [0.25, 0.3) is 0 Å². The monoisotopic (exact) mass is 473 g/mol. The molecule has 0 spiro atoms. The second kappa shape index (κ2) is 9.64. The van der Waals surface area contributed by atoms with E-state index in [-0.39, 0.29) is 29.2 Å². The van der Waals surface area contributed by atoms with E-state index in [4.69, 9.17) is 0 Å². The maximum atomic E-state index is 13.0. The Morgan fingerprint density at radius 1 is 1.09 bits per heavy atom. The molecule has 1 atom stereocenters. The van der Waals surface area contributed by atoms with E-state index in [0.717, 1.165) is 42.7 Å². The third-order valence-electron chi connectivity index (χ3n) is 5.98. The number of fused-ring (bicyclic) bond motifs is 1. The van der Waals surface area contributed by atoms with E-state index in [1.165, 1.54) is 28.2 Å². The average Bonchev–Trinajstić information content (AvgIpc) is 2.80. The minimum absolute atomic E-state index is 0.0231. The molecule has 2 aromatic rings. The molecular weight excluding hydrogens is 446 g/mol. The second-order valence-corrected chi connectivity index (χ2v) is 11.4. The van der Waals surface area contributed by atoms with E-state index in [1.54, 1.807) is 19.2 Å². The number of anilines is 2. The zero-order valence-corrected chi connectivity index (χ0v) is 19.5. The number of nitrogens with zero attached hydrogens (tertiary/aromatic N) is 1. The van der Waals surface area contributed by atoms with E-state index in [0.29, 0.717) is 5.69 Å². The van der Waals surface area contributed by atoms with Crippen molar-refractivity contribution in [1.29, 1.82) is 0 Å². The van der Waals surface area contributed by atoms with Crippen molar-refractivity contribution in [3.8, 4) is 0 Å². The van der Waals surface area contributed by atoms with Crippen molar-refractivity contribution in [3.63, 3.8) is 0 Å². The Morgan fingerprint density at radius 3 is 2.50 bits per heavy atom. The lowest BCUT2D eigenvalue weighted by molar-refractivity contribution is -0.120. The number of thioether (sulfide) groups is 1. The zero-order valence-electron chi connectivity index (χ0n) is 17.9. The highest BCUT2D eigenvalue weighted by Gasteiger charge is 2.30. The van der Waals surface area contributed by atoms with Gasteiger partial charge in [0.05, 0.1) is 15.8 Å². The molecule has 1 fully saturated rings. The molecule has 1 aliphatic heterocycles. The number of carbonyl (C=O) groups excluding carboxylic acids is 2. The van der Waals surface area contributed by atoms with Crippen LogP contribution in [0.3, 0.4) is 0 Å². The van der Waals surface area contributed by atoms with Gasteiger partial charge in [-0.05, 0) is 49.2 Å². The number of amides is 2. The molecule has 2 aliphatic rings. The number of nitrogens with one attached hydrogen (secondary N) is 2. The van der Waals surface area contributed by atoms with E-state index < -0.39 is 15.3 Å². The Hall–Kier alpha value is -2.36. The van der Waals surface area contributed by atoms with Gasteiger partial charge in [-0.3, -0.25) is 9.59 Å². The number of rotatable bonds is 6. The van der Waals surface area contributed by atoms with Crippen molar-refractivity contribution < 1.29 is 18.0 Å². The Bertz CT molecular complexity index is 1100. The van der Waals surface area contributed by atoms with E-state index in [1.807, 2.05) is 24.3 Å². The van der Waals surface area contributed by atoms with Gasteiger partial charge >= 0.3 is 0 Å². The molecule has 2 aromatic carbocycles. The molecule has 0 aromatic heterocycles. The fraction of sp³-hybridized carbons (Fsp3) is 0.391. The van der Waals surface area contributed by atoms with Crippen LogP contribution in [0.1, 0.15) is 38.5 Å². The standard InChI is InChI=1S/C23H27N3O4S2/c1-26(17-7-3-2-4-8-17)32(29,30)18-13-11-16(12-14-18)24-22(27)15-21-23(28)25-19-9-5-6-10-20(19)31-21/h5-6,9-14,17,21H,2-4,7-8,15H2,1H3,(H,24,27)(H,25,28)/t21-/m0/s1. The fourth-order valence-electron chi connectivity index (χ4n) is 4.12. The lowest BCUT2D eigenvalue weighted by Crippen LogP contribution is -2.38. The average molecular weight is 474 g/mol. The summed E-state index contributed by atoms with van der Waals surface area (Å²) in [5.74, 6) is -0.497. The van der Waals surface area contributed by atoms with Crippen LogP contribution in [0.2, 0.25) is 0 Å². The normalized spacial score (nSPS) is 19.3. The first-order chi connectivity index (χ1) is 15.3. The van der Waals surface area contributed by atoms with Crippen molar-refractivity contribution in [2.75, 3.05) is 17.7 Å². The molecule has 0 radical (unpaired) electrons. The predicted octanol–water partition coefficient (Wildman–Crippen LogP) is 4.08. The molecule has 170 valence electrons. The van der Waals surface area contributed by atoms with Crippen molar-refractivity contribution in [2.45, 2.75) is 59.6 Å². The summed E-state index contributed by atoms with van der Waals surface area (Å²) in [5, 5.41) is 5.07. The summed E-state index contributed by atoms with van der Waals surface area (Å²) in [7, 11) is -1.93. The van der Waals surface area contributed by atoms with E-state index in [9.17, 15) is 18.0 Å². The van der Waals surface area contributed by atoms with Crippen LogP contribution in [-0.2, 0) is 19.6 Å². The molecule has 7 nitrogen and oxygen atoms in total. The third kappa shape index (κ3) is 5.00. The highest BCUT2D eigenvalue weighted by Crippen LogP contribution is 2.36. The maximum Gasteiger partial charge on any atom is 0.243 e. The molecule has 0 unspecified atom stereocenters. The summed E-state index contributed by atoms with van der Waals surface area (Å²) in [6.45, 7) is 0. The van der Waals surface area contributed by atoms with E-state index >= 15 is 0 Å². The van der Waals surface area contributed by atoms with E-state index in [2.05, 4.69) is 10.6 Å². The topological polar surface area (TPSA) is 95.6 Å². The van der Waals surface area contributed by atoms with Crippen LogP contribution in [0, 0.1) is 0 Å². The van der Waals surface area contributed by atoms with Gasteiger partial charge in [-0.2, -0.15) is 4.31 Å². The van der Waals surface area contributed by atoms with Crippen LogP contribution in [0.4, 0.5) is 11.4 Å². The Morgan fingerprint density at radius 2 is 1.78 bits per heavy atom. The molecule has 1 aliphatic carbocycles. The summed E-state index contributed by atoms with van der Waals surface area (Å²) in [6.07, 6.45) is 5.07. The minimum atomic E-state index is -3.58. The van der Waals surface area contributed by atoms with Crippen LogP contribution in [0.15, 0.2) is 58.3 Å². The van der Waals surface area contributed by atoms with Gasteiger partial charge in [-0.1, -0.05) is 31.4 Å². The summed E-state index contributed by atoms with van der Waals surface area (Å²) in [5.41, 5.74) is 1.25. The molecule has 0 bridgehead atoms. The molecule has 9 heteroatoms. The molecular formula is C23H27N3O4S2. The van der Waals surface area contributed by atoms with Crippen molar-refractivity contribution in [3.05, 3.63) is 48.5 Å². The van der Waals surface area contributed by atoms with Crippen LogP contribution >= 0.6 is 11.8 Å². The number of hydrogen-bond acceptors (Lipinski definition) is 5. The lowest BCUT2D eigenvalue weighted by Gasteiger charge is -2.30. The first kappa shape index (κ1) is 22.8. The molecule has 1 heterocycles. The van der Waals surface area contributed by atoms with Gasteiger partial charge in [0.2, 0.25) is 21.8 Å². The summed E-state index contributed by atoms with van der Waals surface area (Å²) < 4.78 is 27.4. The van der Waals surface area contributed by atoms with Gasteiger partial charge in [0, 0.05) is 30.1 Å². The quantitative estimate of drug-likeness (QED) is 0.659. The largest absolute Gasteiger partial charge is 0.326 e. The molecule has 2 N–H and O–H groups in total. The number of para-hydroxylation sites is 1. The Kier molecular flexibility index (Phi) is 6.88. The summed E-state index contributed by atoms with van der Waals surface area (Å²) in [6, 6.07) is 13.7. The van der Waals surface area contributed by atoms with Crippen LogP contribution < -0.4 is 10.6 Å². The Labute approximate surface area is 193 Å².